The Morgan fingerprint density at radius 3 is 2.74 bits per heavy atom. The van der Waals surface area contributed by atoms with E-state index in [-0.39, 0.29) is 42.0 Å². The van der Waals surface area contributed by atoms with E-state index in [0.717, 1.165) is 35.1 Å². The number of hydrogen-bond donors (Lipinski definition) is 1. The highest BCUT2D eigenvalue weighted by atomic mass is 35.5. The van der Waals surface area contributed by atoms with E-state index in [1.165, 1.54) is 7.11 Å². The van der Waals surface area contributed by atoms with Crippen LogP contribution in [0.2, 0.25) is 0 Å². The molecule has 0 radical (unpaired) electrons. The summed E-state index contributed by atoms with van der Waals surface area (Å²) in [7, 11) is 3.55. The summed E-state index contributed by atoms with van der Waals surface area (Å²) >= 11 is 0. The second-order valence-electron chi connectivity index (χ2n) is 7.74. The second-order valence-corrected chi connectivity index (χ2v) is 7.74. The summed E-state index contributed by atoms with van der Waals surface area (Å²) in [6, 6.07) is 8.10. The summed E-state index contributed by atoms with van der Waals surface area (Å²) in [6.45, 7) is 3.06. The number of piperidine rings is 1. The molecule has 1 saturated heterocycles. The lowest BCUT2D eigenvalue weighted by Crippen LogP contribution is -2.56. The molecule has 2 aliphatic rings. The molecule has 1 unspecified atom stereocenters. The summed E-state index contributed by atoms with van der Waals surface area (Å²) in [5, 5.41) is 1.09. The van der Waals surface area contributed by atoms with E-state index in [2.05, 4.69) is 29.9 Å². The van der Waals surface area contributed by atoms with Gasteiger partial charge in [-0.1, -0.05) is 31.5 Å². The smallest absolute Gasteiger partial charge is 0.310 e. The standard InChI is InChI=1S/C21H26N2O3.ClH/c1-4-12-11-23(2)17-9-15-13-7-5-6-8-16(13)22-20(15)18(24)10-14(12)19(17)21(25)26-3;/h5-8,12,14,17,19,22H,4,9-11H2,1-3H3;1H/t12-,14+,17+,19?;/m1./s1. The van der Waals surface area contributed by atoms with Crippen molar-refractivity contribution in [2.24, 2.45) is 17.8 Å². The Balaban J connectivity index is 0.00000210. The van der Waals surface area contributed by atoms with Crippen molar-refractivity contribution in [3.8, 4) is 0 Å². The fraction of sp³-hybridized carbons (Fsp3) is 0.524. The van der Waals surface area contributed by atoms with Crippen molar-refractivity contribution in [2.75, 3.05) is 20.7 Å². The van der Waals surface area contributed by atoms with E-state index in [1.807, 2.05) is 18.2 Å². The Hall–Kier alpha value is -1.85. The maximum absolute atomic E-state index is 13.1. The van der Waals surface area contributed by atoms with E-state index in [0.29, 0.717) is 18.8 Å². The lowest BCUT2D eigenvalue weighted by Gasteiger charge is -2.47. The first-order valence-electron chi connectivity index (χ1n) is 9.46. The molecule has 1 aromatic carbocycles. The molecule has 1 aliphatic carbocycles. The van der Waals surface area contributed by atoms with Gasteiger partial charge in [0.2, 0.25) is 0 Å². The first kappa shape index (κ1) is 19.9. The highest BCUT2D eigenvalue weighted by Crippen LogP contribution is 2.42. The van der Waals surface area contributed by atoms with Gasteiger partial charge in [0, 0.05) is 29.9 Å². The first-order valence-corrected chi connectivity index (χ1v) is 9.46. The number of halogens is 1. The molecule has 1 fully saturated rings. The molecule has 5 nitrogen and oxygen atoms in total. The van der Waals surface area contributed by atoms with E-state index in [1.54, 1.807) is 0 Å². The van der Waals surface area contributed by atoms with Gasteiger partial charge in [-0.25, -0.2) is 0 Å². The van der Waals surface area contributed by atoms with E-state index >= 15 is 0 Å². The van der Waals surface area contributed by atoms with Crippen LogP contribution in [0.25, 0.3) is 10.9 Å². The summed E-state index contributed by atoms with van der Waals surface area (Å²) in [5.74, 6) is 0.0584. The molecule has 0 amide bonds. The SMILES string of the molecule is CC[C@@H]1CN(C)[C@H]2Cc3c([nH]c4ccccc34)C(=O)C[C@@H]1C2C(=O)OC.Cl. The van der Waals surface area contributed by atoms with Crippen molar-refractivity contribution in [3.05, 3.63) is 35.5 Å². The van der Waals surface area contributed by atoms with Crippen molar-refractivity contribution in [1.82, 2.24) is 9.88 Å². The van der Waals surface area contributed by atoms with E-state index in [9.17, 15) is 9.59 Å². The van der Waals surface area contributed by atoms with Crippen LogP contribution in [0.4, 0.5) is 0 Å². The number of esters is 1. The molecule has 2 heterocycles. The lowest BCUT2D eigenvalue weighted by atomic mass is 9.67. The maximum atomic E-state index is 13.1. The number of rotatable bonds is 2. The third-order valence-electron chi connectivity index (χ3n) is 6.49. The van der Waals surface area contributed by atoms with Crippen molar-refractivity contribution >= 4 is 35.1 Å². The zero-order valence-electron chi connectivity index (χ0n) is 16.0. The lowest BCUT2D eigenvalue weighted by molar-refractivity contribution is -0.154. The number of fused-ring (bicyclic) bond motifs is 5. The summed E-state index contributed by atoms with van der Waals surface area (Å²) in [6.07, 6.45) is 2.05. The van der Waals surface area contributed by atoms with Crippen LogP contribution in [0.5, 0.6) is 0 Å². The number of H-pyrrole nitrogens is 1. The largest absolute Gasteiger partial charge is 0.469 e. The third-order valence-corrected chi connectivity index (χ3v) is 6.49. The molecule has 27 heavy (non-hydrogen) atoms. The second kappa shape index (κ2) is 7.64. The van der Waals surface area contributed by atoms with Gasteiger partial charge in [0.25, 0.3) is 0 Å². The van der Waals surface area contributed by atoms with Crippen molar-refractivity contribution in [1.29, 1.82) is 0 Å². The number of aromatic nitrogens is 1. The minimum Gasteiger partial charge on any atom is -0.469 e. The predicted molar refractivity (Wildman–Crippen MR) is 107 cm³/mol. The molecule has 2 aromatic rings. The van der Waals surface area contributed by atoms with Crippen LogP contribution < -0.4 is 0 Å². The van der Waals surface area contributed by atoms with Gasteiger partial charge in [-0.2, -0.15) is 0 Å². The number of aromatic amines is 1. The fourth-order valence-corrected chi connectivity index (χ4v) is 5.15. The Labute approximate surface area is 165 Å². The quantitative estimate of drug-likeness (QED) is 0.797. The molecule has 2 bridgehead atoms. The minimum atomic E-state index is -0.255. The zero-order chi connectivity index (χ0) is 18.4. The molecule has 0 saturated carbocycles. The van der Waals surface area contributed by atoms with E-state index < -0.39 is 0 Å². The van der Waals surface area contributed by atoms with Gasteiger partial charge < -0.3 is 14.6 Å². The summed E-state index contributed by atoms with van der Waals surface area (Å²) in [5.41, 5.74) is 2.77. The summed E-state index contributed by atoms with van der Waals surface area (Å²) < 4.78 is 5.17. The first-order chi connectivity index (χ1) is 12.5. The number of ether oxygens (including phenoxy) is 1. The van der Waals surface area contributed by atoms with Crippen molar-refractivity contribution < 1.29 is 14.3 Å². The molecule has 1 aromatic heterocycles. The number of para-hydroxylation sites is 1. The fourth-order valence-electron chi connectivity index (χ4n) is 5.15. The van der Waals surface area contributed by atoms with Crippen molar-refractivity contribution in [2.45, 2.75) is 32.2 Å². The molecule has 6 heteroatoms. The number of hydrogen-bond acceptors (Lipinski definition) is 4. The molecular formula is C21H27ClN2O3. The van der Waals surface area contributed by atoms with Gasteiger partial charge in [-0.3, -0.25) is 9.59 Å². The number of nitrogens with one attached hydrogen (secondary N) is 1. The zero-order valence-corrected chi connectivity index (χ0v) is 16.8. The van der Waals surface area contributed by atoms with Gasteiger partial charge >= 0.3 is 5.97 Å². The number of nitrogens with zero attached hydrogens (tertiary/aromatic N) is 1. The number of ketones is 1. The third kappa shape index (κ3) is 3.17. The van der Waals surface area contributed by atoms with Crippen LogP contribution >= 0.6 is 12.4 Å². The van der Waals surface area contributed by atoms with E-state index in [4.69, 9.17) is 4.74 Å². The molecule has 4 atom stereocenters. The van der Waals surface area contributed by atoms with Gasteiger partial charge in [0.05, 0.1) is 18.7 Å². The number of methoxy groups -OCH3 is 1. The highest BCUT2D eigenvalue weighted by Gasteiger charge is 2.48. The Bertz CT molecular complexity index is 862. The number of Topliss-reactive ketones (excluding diaryl/α,β-unsaturated/α-hetero) is 1. The highest BCUT2D eigenvalue weighted by molar-refractivity contribution is 6.03. The Morgan fingerprint density at radius 2 is 2.04 bits per heavy atom. The van der Waals surface area contributed by atoms with Crippen LogP contribution in [-0.4, -0.2) is 48.4 Å². The number of likely N-dealkylation sites (tertiary alicyclic amines) is 1. The Kier molecular flexibility index (Phi) is 5.63. The molecular weight excluding hydrogens is 364 g/mol. The van der Waals surface area contributed by atoms with Gasteiger partial charge in [0.1, 0.15) is 0 Å². The topological polar surface area (TPSA) is 62.4 Å². The molecule has 1 aliphatic heterocycles. The van der Waals surface area contributed by atoms with Gasteiger partial charge in [0.15, 0.2) is 5.78 Å². The van der Waals surface area contributed by atoms with Gasteiger partial charge in [-0.05, 0) is 36.9 Å². The summed E-state index contributed by atoms with van der Waals surface area (Å²) in [4.78, 5) is 31.5. The normalized spacial score (nSPS) is 28.0. The van der Waals surface area contributed by atoms with Crippen LogP contribution in [0.1, 0.15) is 35.8 Å². The number of carbonyl (C=O) groups excluding carboxylic acids is 2. The number of carbonyl (C=O) groups is 2. The van der Waals surface area contributed by atoms with Crippen LogP contribution in [0, 0.1) is 17.8 Å². The maximum Gasteiger partial charge on any atom is 0.310 e. The average molecular weight is 391 g/mol. The minimum absolute atomic E-state index is 0. The van der Waals surface area contributed by atoms with Crippen LogP contribution in [0.3, 0.4) is 0 Å². The van der Waals surface area contributed by atoms with Crippen molar-refractivity contribution in [3.63, 3.8) is 0 Å². The number of benzene rings is 1. The Morgan fingerprint density at radius 1 is 1.30 bits per heavy atom. The monoisotopic (exact) mass is 390 g/mol. The average Bonchev–Trinajstić information content (AvgIpc) is 3.01. The molecule has 0 spiro atoms. The molecule has 1 N–H and O–H groups in total. The molecule has 146 valence electrons. The van der Waals surface area contributed by atoms with Gasteiger partial charge in [-0.15, -0.1) is 12.4 Å². The van der Waals surface area contributed by atoms with Crippen LogP contribution in [-0.2, 0) is 16.0 Å². The van der Waals surface area contributed by atoms with Crippen LogP contribution in [0.15, 0.2) is 24.3 Å². The number of likely N-dealkylation sites (N-methyl/N-ethyl adjacent to an activating group) is 1. The molecule has 4 rings (SSSR count). The predicted octanol–water partition coefficient (Wildman–Crippen LogP) is 3.46.